The number of carbonyl (C=O) groups is 3. The van der Waals surface area contributed by atoms with Crippen LogP contribution in [0, 0.1) is 17.8 Å². The van der Waals surface area contributed by atoms with Crippen molar-refractivity contribution in [1.82, 2.24) is 30.9 Å². The highest BCUT2D eigenvalue weighted by molar-refractivity contribution is 5.96. The number of benzene rings is 1. The van der Waals surface area contributed by atoms with E-state index in [9.17, 15) is 27.6 Å². The molecule has 5 heterocycles. The van der Waals surface area contributed by atoms with E-state index in [-0.39, 0.29) is 56.6 Å². The van der Waals surface area contributed by atoms with Crippen molar-refractivity contribution >= 4 is 23.4 Å². The number of hydrogen-bond acceptors (Lipinski definition) is 7. The molecule has 3 amide bonds. The molecule has 5 aliphatic rings. The van der Waals surface area contributed by atoms with Gasteiger partial charge in [-0.3, -0.25) is 25.1 Å². The first-order chi connectivity index (χ1) is 19.2. The Morgan fingerprint density at radius 2 is 1.77 bits per heavy atom. The molecular weight excluding hydrogens is 527 g/mol. The van der Waals surface area contributed by atoms with E-state index in [0.717, 1.165) is 18.7 Å². The van der Waals surface area contributed by atoms with E-state index in [1.165, 1.54) is 9.80 Å². The summed E-state index contributed by atoms with van der Waals surface area (Å²) in [6, 6.07) is 9.49. The van der Waals surface area contributed by atoms with Crippen LogP contribution in [0.4, 0.5) is 18.9 Å². The zero-order valence-corrected chi connectivity index (χ0v) is 22.3. The monoisotopic (exact) mass is 563 g/mol. The summed E-state index contributed by atoms with van der Waals surface area (Å²) in [6.45, 7) is 1.87. The van der Waals surface area contributed by atoms with Crippen molar-refractivity contribution in [2.24, 2.45) is 17.8 Å². The second-order valence-electron chi connectivity index (χ2n) is 11.7. The van der Waals surface area contributed by atoms with Gasteiger partial charge in [0.1, 0.15) is 12.1 Å². The quantitative estimate of drug-likeness (QED) is 0.497. The van der Waals surface area contributed by atoms with Crippen molar-refractivity contribution in [3.8, 4) is 0 Å². The second-order valence-corrected chi connectivity index (χ2v) is 11.7. The Kier molecular flexibility index (Phi) is 7.16. The normalized spacial score (nSPS) is 30.3. The maximum Gasteiger partial charge on any atom is 0.393 e. The van der Waals surface area contributed by atoms with E-state index in [1.807, 2.05) is 40.1 Å². The van der Waals surface area contributed by atoms with E-state index in [1.54, 1.807) is 0 Å². The van der Waals surface area contributed by atoms with Crippen LogP contribution in [0.25, 0.3) is 0 Å². The number of fused-ring (bicyclic) bond motifs is 1. The van der Waals surface area contributed by atoms with E-state index >= 15 is 0 Å². The molecule has 4 atom stereocenters. The third kappa shape index (κ3) is 4.92. The molecule has 5 aliphatic heterocycles. The lowest BCUT2D eigenvalue weighted by Gasteiger charge is -2.44. The lowest BCUT2D eigenvalue weighted by molar-refractivity contribution is -0.171. The molecular formula is C27H36F3N7O3. The number of hydrogen-bond donors (Lipinski definition) is 3. The van der Waals surface area contributed by atoms with Crippen LogP contribution in [0.1, 0.15) is 25.7 Å². The molecule has 1 spiro atoms. The fourth-order valence-corrected chi connectivity index (χ4v) is 7.07. The summed E-state index contributed by atoms with van der Waals surface area (Å²) < 4.78 is 39.5. The molecule has 3 N–H and O–H groups in total. The van der Waals surface area contributed by atoms with Crippen LogP contribution in [0.15, 0.2) is 30.3 Å². The Labute approximate surface area is 231 Å². The van der Waals surface area contributed by atoms with Crippen LogP contribution < -0.4 is 21.1 Å². The van der Waals surface area contributed by atoms with Gasteiger partial charge in [-0.2, -0.15) is 13.2 Å². The lowest BCUT2D eigenvalue weighted by atomic mass is 9.83. The number of hydrazine groups is 1. The summed E-state index contributed by atoms with van der Waals surface area (Å²) in [5.41, 5.74) is 6.26. The van der Waals surface area contributed by atoms with Crippen LogP contribution in [-0.2, 0) is 14.4 Å². The predicted octanol–water partition coefficient (Wildman–Crippen LogP) is 0.724. The maximum absolute atomic E-state index is 13.9. The summed E-state index contributed by atoms with van der Waals surface area (Å²) in [5.74, 6) is -1.85. The molecule has 5 saturated heterocycles. The molecule has 6 rings (SSSR count). The lowest BCUT2D eigenvalue weighted by Crippen LogP contribution is -2.59. The Morgan fingerprint density at radius 3 is 2.48 bits per heavy atom. The molecule has 0 bridgehead atoms. The van der Waals surface area contributed by atoms with Crippen LogP contribution in [0.2, 0.25) is 0 Å². The molecule has 218 valence electrons. The van der Waals surface area contributed by atoms with E-state index in [4.69, 9.17) is 0 Å². The van der Waals surface area contributed by atoms with Crippen LogP contribution in [-0.4, -0.2) is 103 Å². The number of halogens is 3. The zero-order valence-electron chi connectivity index (χ0n) is 22.3. The van der Waals surface area contributed by atoms with E-state index in [0.29, 0.717) is 38.4 Å². The molecule has 13 heteroatoms. The first kappa shape index (κ1) is 27.3. The Morgan fingerprint density at radius 1 is 1.02 bits per heavy atom. The molecule has 5 fully saturated rings. The van der Waals surface area contributed by atoms with Crippen LogP contribution in [0.3, 0.4) is 0 Å². The average molecular weight is 564 g/mol. The molecule has 10 nitrogen and oxygen atoms in total. The third-order valence-electron chi connectivity index (χ3n) is 9.43. The highest BCUT2D eigenvalue weighted by atomic mass is 19.4. The molecule has 1 aromatic rings. The van der Waals surface area contributed by atoms with Gasteiger partial charge in [0, 0.05) is 50.9 Å². The van der Waals surface area contributed by atoms with E-state index in [2.05, 4.69) is 16.2 Å². The predicted molar refractivity (Wildman–Crippen MR) is 139 cm³/mol. The van der Waals surface area contributed by atoms with Gasteiger partial charge in [-0.25, -0.2) is 5.43 Å². The minimum absolute atomic E-state index is 0.0411. The molecule has 0 saturated carbocycles. The summed E-state index contributed by atoms with van der Waals surface area (Å²) in [5, 5.41) is 3.40. The Balaban J connectivity index is 1.14. The fraction of sp³-hybridized carbons (Fsp3) is 0.667. The van der Waals surface area contributed by atoms with Crippen molar-refractivity contribution in [3.05, 3.63) is 30.3 Å². The van der Waals surface area contributed by atoms with Gasteiger partial charge in [-0.1, -0.05) is 18.2 Å². The third-order valence-corrected chi connectivity index (χ3v) is 9.43. The van der Waals surface area contributed by atoms with Gasteiger partial charge in [0.25, 0.3) is 5.91 Å². The molecule has 1 aromatic carbocycles. The SMILES string of the molecule is O=C(CN1CN(c2ccccc2)C2(CCN(C(=O)C3CNC4NNCC4C3)CC2)C1=O)N1CCC(C(F)(F)F)C1. The summed E-state index contributed by atoms with van der Waals surface area (Å²) in [7, 11) is 0. The van der Waals surface area contributed by atoms with Crippen molar-refractivity contribution in [3.63, 3.8) is 0 Å². The Hall–Kier alpha value is -2.90. The highest BCUT2D eigenvalue weighted by Gasteiger charge is 2.55. The molecule has 4 unspecified atom stereocenters. The standard InChI is InChI=1S/C27H36F3N7O3/c28-27(29,30)20-6-9-35(15-20)22(38)16-36-17-37(21-4-2-1-3-5-21)26(25(36)40)7-10-34(11-8-26)24(39)19-12-18-14-32-33-23(18)31-13-19/h1-5,18-20,23,31-33H,6-17H2. The van der Waals surface area contributed by atoms with Crippen molar-refractivity contribution in [1.29, 1.82) is 0 Å². The van der Waals surface area contributed by atoms with Crippen molar-refractivity contribution in [2.75, 3.05) is 57.4 Å². The highest BCUT2D eigenvalue weighted by Crippen LogP contribution is 2.40. The van der Waals surface area contributed by atoms with Gasteiger partial charge in [-0.05, 0) is 37.8 Å². The number of piperidine rings is 2. The zero-order chi connectivity index (χ0) is 28.1. The number of likely N-dealkylation sites (tertiary alicyclic amines) is 2. The van der Waals surface area contributed by atoms with Gasteiger partial charge in [0.15, 0.2) is 0 Å². The minimum Gasteiger partial charge on any atom is -0.342 e. The number of alkyl halides is 3. The number of nitrogens with one attached hydrogen (secondary N) is 3. The number of anilines is 1. The van der Waals surface area contributed by atoms with Gasteiger partial charge in [-0.15, -0.1) is 0 Å². The molecule has 0 radical (unpaired) electrons. The fourth-order valence-electron chi connectivity index (χ4n) is 7.07. The number of nitrogens with zero attached hydrogens (tertiary/aromatic N) is 4. The van der Waals surface area contributed by atoms with E-state index < -0.39 is 23.5 Å². The van der Waals surface area contributed by atoms with Gasteiger partial charge >= 0.3 is 6.18 Å². The van der Waals surface area contributed by atoms with Crippen LogP contribution >= 0.6 is 0 Å². The Bertz CT molecular complexity index is 1130. The molecule has 40 heavy (non-hydrogen) atoms. The van der Waals surface area contributed by atoms with Crippen LogP contribution in [0.5, 0.6) is 0 Å². The van der Waals surface area contributed by atoms with Gasteiger partial charge in [0.2, 0.25) is 11.8 Å². The van der Waals surface area contributed by atoms with Crippen molar-refractivity contribution in [2.45, 2.75) is 43.6 Å². The molecule has 0 aromatic heterocycles. The summed E-state index contributed by atoms with van der Waals surface area (Å²) in [6.07, 6.45) is -2.62. The largest absolute Gasteiger partial charge is 0.393 e. The van der Waals surface area contributed by atoms with Crippen molar-refractivity contribution < 1.29 is 27.6 Å². The number of carbonyl (C=O) groups excluding carboxylic acids is 3. The number of rotatable bonds is 4. The summed E-state index contributed by atoms with van der Waals surface area (Å²) >= 11 is 0. The number of amides is 3. The van der Waals surface area contributed by atoms with Gasteiger partial charge in [0.05, 0.1) is 24.7 Å². The first-order valence-electron chi connectivity index (χ1n) is 14.1. The number of para-hydroxylation sites is 1. The average Bonchev–Trinajstić information content (AvgIpc) is 3.69. The first-order valence-corrected chi connectivity index (χ1v) is 14.1. The second kappa shape index (κ2) is 10.5. The summed E-state index contributed by atoms with van der Waals surface area (Å²) in [4.78, 5) is 47.0. The topological polar surface area (TPSA) is 100 Å². The minimum atomic E-state index is -4.33. The smallest absolute Gasteiger partial charge is 0.342 e. The van der Waals surface area contributed by atoms with Gasteiger partial charge < -0.3 is 19.6 Å². The molecule has 0 aliphatic carbocycles. The maximum atomic E-state index is 13.9.